The lowest BCUT2D eigenvalue weighted by Crippen LogP contribution is -1.96. The smallest absolute Gasteiger partial charge is 0.208 e. The summed E-state index contributed by atoms with van der Waals surface area (Å²) in [5, 5.41) is 0. The van der Waals surface area contributed by atoms with Crippen molar-refractivity contribution in [1.29, 1.82) is 0 Å². The Morgan fingerprint density at radius 2 is 2.17 bits per heavy atom. The number of aryl methyl sites for hydroxylation is 2. The molecule has 0 saturated heterocycles. The summed E-state index contributed by atoms with van der Waals surface area (Å²) in [4.78, 5) is 4.40. The lowest BCUT2D eigenvalue weighted by molar-refractivity contribution is 0.410. The van der Waals surface area contributed by atoms with E-state index in [1.807, 2.05) is 19.1 Å². The van der Waals surface area contributed by atoms with E-state index in [0.29, 0.717) is 12.4 Å². The summed E-state index contributed by atoms with van der Waals surface area (Å²) in [5.41, 5.74) is 8.58. The van der Waals surface area contributed by atoms with Gasteiger partial charge in [0.2, 0.25) is 5.89 Å². The summed E-state index contributed by atoms with van der Waals surface area (Å²) in [6.45, 7) is 4.32. The van der Waals surface area contributed by atoms with Gasteiger partial charge in [-0.2, -0.15) is 0 Å². The van der Waals surface area contributed by atoms with Crippen LogP contribution in [0.4, 0.5) is 0 Å². The number of ether oxygens (including phenoxy) is 1. The van der Waals surface area contributed by atoms with Crippen LogP contribution in [0.1, 0.15) is 24.1 Å². The maximum absolute atomic E-state index is 5.54. The Balaban J connectivity index is 2.47. The van der Waals surface area contributed by atoms with Crippen molar-refractivity contribution in [3.63, 3.8) is 0 Å². The molecule has 1 heterocycles. The minimum absolute atomic E-state index is 0.317. The molecule has 0 aliphatic carbocycles. The number of hydrogen-bond acceptors (Lipinski definition) is 4. The molecule has 0 radical (unpaired) electrons. The minimum Gasteiger partial charge on any atom is -0.496 e. The molecular weight excluding hydrogens is 228 g/mol. The van der Waals surface area contributed by atoms with Gasteiger partial charge in [-0.25, -0.2) is 4.98 Å². The van der Waals surface area contributed by atoms with Crippen molar-refractivity contribution in [2.24, 2.45) is 5.73 Å². The molecule has 2 aromatic rings. The van der Waals surface area contributed by atoms with Crippen LogP contribution in [0.25, 0.3) is 11.3 Å². The van der Waals surface area contributed by atoms with Crippen LogP contribution in [0, 0.1) is 6.92 Å². The van der Waals surface area contributed by atoms with Gasteiger partial charge in [-0.15, -0.1) is 0 Å². The van der Waals surface area contributed by atoms with Crippen molar-refractivity contribution in [2.75, 3.05) is 7.11 Å². The lowest BCUT2D eigenvalue weighted by atomic mass is 10.0. The molecule has 1 aromatic heterocycles. The zero-order valence-corrected chi connectivity index (χ0v) is 11.0. The average Bonchev–Trinajstić information content (AvgIpc) is 2.79. The topological polar surface area (TPSA) is 61.3 Å². The fourth-order valence-corrected chi connectivity index (χ4v) is 2.01. The number of aromatic nitrogens is 1. The van der Waals surface area contributed by atoms with Crippen molar-refractivity contribution in [3.8, 4) is 17.0 Å². The Hall–Kier alpha value is -1.81. The third kappa shape index (κ3) is 2.24. The molecule has 0 amide bonds. The Labute approximate surface area is 107 Å². The molecule has 0 atom stereocenters. The van der Waals surface area contributed by atoms with Gasteiger partial charge in [0.25, 0.3) is 0 Å². The van der Waals surface area contributed by atoms with Crippen LogP contribution >= 0.6 is 0 Å². The van der Waals surface area contributed by atoms with Crippen molar-refractivity contribution in [3.05, 3.63) is 35.4 Å². The van der Waals surface area contributed by atoms with Gasteiger partial charge in [0.15, 0.2) is 0 Å². The highest BCUT2D eigenvalue weighted by Gasteiger charge is 2.12. The summed E-state index contributed by atoms with van der Waals surface area (Å²) in [6.07, 6.45) is 0.914. The van der Waals surface area contributed by atoms with Crippen molar-refractivity contribution >= 4 is 0 Å². The van der Waals surface area contributed by atoms with Crippen LogP contribution in [-0.4, -0.2) is 12.1 Å². The first kappa shape index (κ1) is 12.6. The monoisotopic (exact) mass is 246 g/mol. The number of oxazole rings is 1. The molecule has 0 fully saturated rings. The van der Waals surface area contributed by atoms with Crippen LogP contribution < -0.4 is 10.5 Å². The van der Waals surface area contributed by atoms with E-state index in [1.54, 1.807) is 7.11 Å². The molecule has 1 aromatic carbocycles. The van der Waals surface area contributed by atoms with Crippen LogP contribution in [0.15, 0.2) is 22.6 Å². The average molecular weight is 246 g/mol. The van der Waals surface area contributed by atoms with E-state index in [2.05, 4.69) is 18.0 Å². The van der Waals surface area contributed by atoms with Crippen LogP contribution in [0.2, 0.25) is 0 Å². The molecular formula is C14H18N2O2. The molecule has 18 heavy (non-hydrogen) atoms. The fourth-order valence-electron chi connectivity index (χ4n) is 2.01. The standard InChI is InChI=1S/C14H18N2O2/c1-4-10-7-11(5-6-12(10)17-3)14-9(2)18-13(8-15)16-14/h5-7H,4,8,15H2,1-3H3. The molecule has 0 bridgehead atoms. The second-order valence-corrected chi connectivity index (χ2v) is 4.10. The molecule has 2 rings (SSSR count). The molecule has 4 nitrogen and oxygen atoms in total. The third-order valence-corrected chi connectivity index (χ3v) is 2.95. The summed E-state index contributed by atoms with van der Waals surface area (Å²) in [6, 6.07) is 6.04. The van der Waals surface area contributed by atoms with Gasteiger partial charge in [0.05, 0.1) is 13.7 Å². The van der Waals surface area contributed by atoms with Gasteiger partial charge < -0.3 is 14.9 Å². The maximum atomic E-state index is 5.54. The highest BCUT2D eigenvalue weighted by molar-refractivity contribution is 5.63. The third-order valence-electron chi connectivity index (χ3n) is 2.95. The van der Waals surface area contributed by atoms with Crippen LogP contribution in [-0.2, 0) is 13.0 Å². The zero-order valence-electron chi connectivity index (χ0n) is 11.0. The Morgan fingerprint density at radius 3 is 2.72 bits per heavy atom. The molecule has 0 spiro atoms. The SMILES string of the molecule is CCc1cc(-c2nc(CN)oc2C)ccc1OC. The first-order valence-electron chi connectivity index (χ1n) is 6.03. The number of nitrogens with zero attached hydrogens (tertiary/aromatic N) is 1. The summed E-state index contributed by atoms with van der Waals surface area (Å²) in [7, 11) is 1.68. The molecule has 2 N–H and O–H groups in total. The van der Waals surface area contributed by atoms with Crippen molar-refractivity contribution in [2.45, 2.75) is 26.8 Å². The Bertz CT molecular complexity index is 547. The maximum Gasteiger partial charge on any atom is 0.208 e. The molecule has 0 aliphatic rings. The molecule has 0 saturated carbocycles. The largest absolute Gasteiger partial charge is 0.496 e. The summed E-state index contributed by atoms with van der Waals surface area (Å²) in [5.74, 6) is 2.26. The van der Waals surface area contributed by atoms with Gasteiger partial charge in [-0.05, 0) is 37.1 Å². The van der Waals surface area contributed by atoms with E-state index in [9.17, 15) is 0 Å². The molecule has 0 unspecified atom stereocenters. The van der Waals surface area contributed by atoms with Crippen molar-refractivity contribution in [1.82, 2.24) is 4.98 Å². The van der Waals surface area contributed by atoms with Gasteiger partial charge in [-0.3, -0.25) is 0 Å². The second kappa shape index (κ2) is 5.23. The van der Waals surface area contributed by atoms with Gasteiger partial charge in [-0.1, -0.05) is 6.92 Å². The summed E-state index contributed by atoms with van der Waals surface area (Å²) < 4.78 is 10.8. The quantitative estimate of drug-likeness (QED) is 0.901. The first-order chi connectivity index (χ1) is 8.69. The van der Waals surface area contributed by atoms with E-state index < -0.39 is 0 Å². The number of nitrogens with two attached hydrogens (primary N) is 1. The summed E-state index contributed by atoms with van der Waals surface area (Å²) >= 11 is 0. The number of rotatable bonds is 4. The minimum atomic E-state index is 0.317. The lowest BCUT2D eigenvalue weighted by Gasteiger charge is -2.08. The second-order valence-electron chi connectivity index (χ2n) is 4.10. The van der Waals surface area contributed by atoms with Crippen LogP contribution in [0.5, 0.6) is 5.75 Å². The Morgan fingerprint density at radius 1 is 1.39 bits per heavy atom. The fraction of sp³-hybridized carbons (Fsp3) is 0.357. The van der Waals surface area contributed by atoms with Crippen molar-refractivity contribution < 1.29 is 9.15 Å². The first-order valence-corrected chi connectivity index (χ1v) is 6.03. The molecule has 0 aliphatic heterocycles. The van der Waals surface area contributed by atoms with E-state index in [0.717, 1.165) is 34.8 Å². The van der Waals surface area contributed by atoms with Gasteiger partial charge in [0, 0.05) is 5.56 Å². The number of benzene rings is 1. The predicted molar refractivity (Wildman–Crippen MR) is 70.5 cm³/mol. The van der Waals surface area contributed by atoms with E-state index in [-0.39, 0.29) is 0 Å². The number of hydrogen-bond donors (Lipinski definition) is 1. The number of methoxy groups -OCH3 is 1. The van der Waals surface area contributed by atoms with E-state index in [4.69, 9.17) is 14.9 Å². The van der Waals surface area contributed by atoms with E-state index >= 15 is 0 Å². The normalized spacial score (nSPS) is 10.7. The Kier molecular flexibility index (Phi) is 3.67. The van der Waals surface area contributed by atoms with Gasteiger partial charge >= 0.3 is 0 Å². The van der Waals surface area contributed by atoms with E-state index in [1.165, 1.54) is 0 Å². The molecule has 96 valence electrons. The van der Waals surface area contributed by atoms with Gasteiger partial charge in [0.1, 0.15) is 17.2 Å². The highest BCUT2D eigenvalue weighted by atomic mass is 16.5. The zero-order chi connectivity index (χ0) is 13.1. The highest BCUT2D eigenvalue weighted by Crippen LogP contribution is 2.28. The molecule has 4 heteroatoms. The predicted octanol–water partition coefficient (Wildman–Crippen LogP) is 2.68. The van der Waals surface area contributed by atoms with Crippen LogP contribution in [0.3, 0.4) is 0 Å².